The van der Waals surface area contributed by atoms with E-state index in [-0.39, 0.29) is 5.54 Å². The number of hydrogen-bond acceptors (Lipinski definition) is 3. The molecule has 1 aliphatic carbocycles. The zero-order valence-corrected chi connectivity index (χ0v) is 8.74. The number of nitriles is 1. The van der Waals surface area contributed by atoms with Crippen molar-refractivity contribution in [3.8, 4) is 6.07 Å². The molecule has 1 aliphatic rings. The minimum atomic E-state index is -0.275. The molecule has 0 bridgehead atoms. The molecule has 0 saturated heterocycles. The lowest BCUT2D eigenvalue weighted by atomic mass is 9.99. The lowest BCUT2D eigenvalue weighted by molar-refractivity contribution is 0.421. The molecule has 0 amide bonds. The highest BCUT2D eigenvalue weighted by Gasteiger charge is 2.32. The van der Waals surface area contributed by atoms with Crippen LogP contribution in [0.15, 0.2) is 24.5 Å². The summed E-state index contributed by atoms with van der Waals surface area (Å²) in [5.74, 6) is 0. The maximum atomic E-state index is 9.17. The molecule has 1 aromatic rings. The number of nitrogens with zero attached hydrogens (tertiary/aromatic N) is 2. The molecule has 0 aromatic carbocycles. The molecule has 78 valence electrons. The Hall–Kier alpha value is -1.40. The summed E-state index contributed by atoms with van der Waals surface area (Å²) in [5.41, 5.74) is 0.912. The summed E-state index contributed by atoms with van der Waals surface area (Å²) < 4.78 is 0. The lowest BCUT2D eigenvalue weighted by Crippen LogP contribution is -2.40. The van der Waals surface area contributed by atoms with Crippen LogP contribution in [0.5, 0.6) is 0 Å². The van der Waals surface area contributed by atoms with Crippen LogP contribution >= 0.6 is 0 Å². The number of aromatic nitrogens is 1. The number of rotatable bonds is 3. The maximum absolute atomic E-state index is 9.17. The zero-order chi connectivity index (χ0) is 10.6. The van der Waals surface area contributed by atoms with Gasteiger partial charge in [-0.25, -0.2) is 0 Å². The molecule has 1 aromatic heterocycles. The Bertz CT molecular complexity index is 347. The van der Waals surface area contributed by atoms with E-state index in [1.54, 1.807) is 12.4 Å². The van der Waals surface area contributed by atoms with Gasteiger partial charge in [0.2, 0.25) is 0 Å². The van der Waals surface area contributed by atoms with Crippen LogP contribution < -0.4 is 5.32 Å². The summed E-state index contributed by atoms with van der Waals surface area (Å²) in [6.07, 6.45) is 7.85. The van der Waals surface area contributed by atoms with Gasteiger partial charge in [0, 0.05) is 18.9 Å². The standard InChI is InChI=1S/C12H15N3/c13-10-12(5-1-2-6-12)15-9-11-3-7-14-8-4-11/h3-4,7-8,15H,1-2,5-6,9H2. The van der Waals surface area contributed by atoms with Crippen molar-refractivity contribution in [2.75, 3.05) is 0 Å². The van der Waals surface area contributed by atoms with Crippen LogP contribution in [-0.2, 0) is 6.54 Å². The fourth-order valence-electron chi connectivity index (χ4n) is 2.08. The third-order valence-electron chi connectivity index (χ3n) is 3.05. The second-order valence-electron chi connectivity index (χ2n) is 4.11. The van der Waals surface area contributed by atoms with Crippen molar-refractivity contribution < 1.29 is 0 Å². The fraction of sp³-hybridized carbons (Fsp3) is 0.500. The van der Waals surface area contributed by atoms with Gasteiger partial charge in [-0.1, -0.05) is 12.8 Å². The second kappa shape index (κ2) is 4.41. The van der Waals surface area contributed by atoms with Crippen molar-refractivity contribution in [1.82, 2.24) is 10.3 Å². The van der Waals surface area contributed by atoms with Crippen LogP contribution in [0.3, 0.4) is 0 Å². The smallest absolute Gasteiger partial charge is 0.107 e. The number of hydrogen-bond donors (Lipinski definition) is 1. The first-order chi connectivity index (χ1) is 7.35. The molecule has 15 heavy (non-hydrogen) atoms. The monoisotopic (exact) mass is 201 g/mol. The Labute approximate surface area is 90.1 Å². The fourth-order valence-corrected chi connectivity index (χ4v) is 2.08. The number of nitrogens with one attached hydrogen (secondary N) is 1. The minimum absolute atomic E-state index is 0.275. The summed E-state index contributed by atoms with van der Waals surface area (Å²) in [6, 6.07) is 6.38. The van der Waals surface area contributed by atoms with Gasteiger partial charge in [0.05, 0.1) is 6.07 Å². The van der Waals surface area contributed by atoms with E-state index in [1.165, 1.54) is 5.56 Å². The van der Waals surface area contributed by atoms with Crippen molar-refractivity contribution >= 4 is 0 Å². The van der Waals surface area contributed by atoms with E-state index in [4.69, 9.17) is 5.26 Å². The van der Waals surface area contributed by atoms with Gasteiger partial charge in [-0.3, -0.25) is 10.3 Å². The highest BCUT2D eigenvalue weighted by atomic mass is 15.0. The molecule has 3 heteroatoms. The van der Waals surface area contributed by atoms with Crippen LogP contribution in [0.1, 0.15) is 31.2 Å². The van der Waals surface area contributed by atoms with Crippen molar-refractivity contribution in [3.63, 3.8) is 0 Å². The lowest BCUT2D eigenvalue weighted by Gasteiger charge is -2.21. The van der Waals surface area contributed by atoms with Crippen LogP contribution in [-0.4, -0.2) is 10.5 Å². The largest absolute Gasteiger partial charge is 0.295 e. The molecule has 0 radical (unpaired) electrons. The molecule has 0 atom stereocenters. The molecule has 1 fully saturated rings. The van der Waals surface area contributed by atoms with E-state index >= 15 is 0 Å². The van der Waals surface area contributed by atoms with E-state index in [0.717, 1.165) is 32.2 Å². The van der Waals surface area contributed by atoms with Gasteiger partial charge in [-0.2, -0.15) is 5.26 Å². The summed E-state index contributed by atoms with van der Waals surface area (Å²) in [6.45, 7) is 0.760. The third kappa shape index (κ3) is 2.34. The first-order valence-electron chi connectivity index (χ1n) is 5.40. The normalized spacial score (nSPS) is 18.6. The zero-order valence-electron chi connectivity index (χ0n) is 8.74. The van der Waals surface area contributed by atoms with E-state index in [1.807, 2.05) is 12.1 Å². The third-order valence-corrected chi connectivity index (χ3v) is 3.05. The second-order valence-corrected chi connectivity index (χ2v) is 4.11. The summed E-state index contributed by atoms with van der Waals surface area (Å²) >= 11 is 0. The van der Waals surface area contributed by atoms with E-state index < -0.39 is 0 Å². The highest BCUT2D eigenvalue weighted by molar-refractivity contribution is 5.14. The van der Waals surface area contributed by atoms with Crippen LogP contribution in [0, 0.1) is 11.3 Å². The van der Waals surface area contributed by atoms with Gasteiger partial charge >= 0.3 is 0 Å². The van der Waals surface area contributed by atoms with Crippen LogP contribution in [0.25, 0.3) is 0 Å². The van der Waals surface area contributed by atoms with Gasteiger partial charge in [0.25, 0.3) is 0 Å². The van der Waals surface area contributed by atoms with Crippen molar-refractivity contribution in [1.29, 1.82) is 5.26 Å². The van der Waals surface area contributed by atoms with Gasteiger partial charge in [0.15, 0.2) is 0 Å². The SMILES string of the molecule is N#CC1(NCc2ccncc2)CCCC1. The van der Waals surface area contributed by atoms with Crippen molar-refractivity contribution in [2.45, 2.75) is 37.8 Å². The average molecular weight is 201 g/mol. The van der Waals surface area contributed by atoms with Crippen LogP contribution in [0.4, 0.5) is 0 Å². The predicted molar refractivity (Wildman–Crippen MR) is 57.9 cm³/mol. The number of pyridine rings is 1. The molecular weight excluding hydrogens is 186 g/mol. The Kier molecular flexibility index (Phi) is 2.98. The summed E-state index contributed by atoms with van der Waals surface area (Å²) in [7, 11) is 0. The summed E-state index contributed by atoms with van der Waals surface area (Å²) in [4.78, 5) is 3.97. The Morgan fingerprint density at radius 2 is 2.00 bits per heavy atom. The van der Waals surface area contributed by atoms with Crippen molar-refractivity contribution in [3.05, 3.63) is 30.1 Å². The molecule has 2 rings (SSSR count). The average Bonchev–Trinajstić information content (AvgIpc) is 2.77. The summed E-state index contributed by atoms with van der Waals surface area (Å²) in [5, 5.41) is 12.5. The van der Waals surface area contributed by atoms with Gasteiger partial charge in [-0.15, -0.1) is 0 Å². The van der Waals surface area contributed by atoms with Crippen molar-refractivity contribution in [2.24, 2.45) is 0 Å². The molecular formula is C12H15N3. The van der Waals surface area contributed by atoms with E-state index in [2.05, 4.69) is 16.4 Å². The Morgan fingerprint density at radius 1 is 1.33 bits per heavy atom. The van der Waals surface area contributed by atoms with Gasteiger partial charge < -0.3 is 0 Å². The van der Waals surface area contributed by atoms with Crippen LogP contribution in [0.2, 0.25) is 0 Å². The van der Waals surface area contributed by atoms with E-state index in [0.29, 0.717) is 0 Å². The van der Waals surface area contributed by atoms with E-state index in [9.17, 15) is 0 Å². The Morgan fingerprint density at radius 3 is 2.60 bits per heavy atom. The molecule has 1 saturated carbocycles. The predicted octanol–water partition coefficient (Wildman–Crippen LogP) is 2.01. The molecule has 1 heterocycles. The first-order valence-corrected chi connectivity index (χ1v) is 5.40. The molecule has 0 unspecified atom stereocenters. The van der Waals surface area contributed by atoms with Gasteiger partial charge in [0.1, 0.15) is 5.54 Å². The van der Waals surface area contributed by atoms with Gasteiger partial charge in [-0.05, 0) is 30.5 Å². The quantitative estimate of drug-likeness (QED) is 0.813. The Balaban J connectivity index is 1.95. The maximum Gasteiger partial charge on any atom is 0.107 e. The first kappa shape index (κ1) is 10.1. The molecule has 3 nitrogen and oxygen atoms in total. The highest BCUT2D eigenvalue weighted by Crippen LogP contribution is 2.29. The topological polar surface area (TPSA) is 48.7 Å². The molecule has 0 spiro atoms. The molecule has 0 aliphatic heterocycles. The minimum Gasteiger partial charge on any atom is -0.295 e. The molecule has 1 N–H and O–H groups in total.